The summed E-state index contributed by atoms with van der Waals surface area (Å²) in [5.74, 6) is 0.0812. The van der Waals surface area contributed by atoms with Crippen molar-refractivity contribution in [1.82, 2.24) is 14.5 Å². The summed E-state index contributed by atoms with van der Waals surface area (Å²) >= 11 is 0. The van der Waals surface area contributed by atoms with Crippen LogP contribution in [0.5, 0.6) is 0 Å². The number of pyridine rings is 1. The van der Waals surface area contributed by atoms with Gasteiger partial charge in [-0.15, -0.1) is 0 Å². The Balaban J connectivity index is 2.42. The molecule has 0 amide bonds. The molecule has 0 radical (unpaired) electrons. The van der Waals surface area contributed by atoms with E-state index in [9.17, 15) is 4.79 Å². The number of nitrogens with zero attached hydrogens (tertiary/aromatic N) is 3. The van der Waals surface area contributed by atoms with E-state index in [0.717, 1.165) is 11.0 Å². The van der Waals surface area contributed by atoms with Crippen molar-refractivity contribution in [3.63, 3.8) is 0 Å². The molecule has 1 atom stereocenters. The zero-order valence-electron chi connectivity index (χ0n) is 10.2. The number of ether oxygens (including phenoxy) is 1. The van der Waals surface area contributed by atoms with E-state index < -0.39 is 0 Å². The fraction of sp³-hybridized carbons (Fsp3) is 0.417. The second-order valence-corrected chi connectivity index (χ2v) is 3.87. The molecule has 0 aliphatic heterocycles. The van der Waals surface area contributed by atoms with Gasteiger partial charge >= 0.3 is 5.97 Å². The van der Waals surface area contributed by atoms with Crippen LogP contribution in [0.15, 0.2) is 18.5 Å². The molecule has 5 heteroatoms. The minimum absolute atomic E-state index is 0.251. The largest absolute Gasteiger partial charge is 0.465 e. The van der Waals surface area contributed by atoms with Gasteiger partial charge in [-0.25, -0.2) is 4.98 Å². The molecule has 0 aliphatic rings. The molecule has 2 rings (SSSR count). The third-order valence-electron chi connectivity index (χ3n) is 2.75. The van der Waals surface area contributed by atoms with Gasteiger partial charge in [0, 0.05) is 13.2 Å². The van der Waals surface area contributed by atoms with Crippen molar-refractivity contribution in [2.45, 2.75) is 19.8 Å². The van der Waals surface area contributed by atoms with E-state index in [0.29, 0.717) is 12.4 Å². The predicted molar refractivity (Wildman–Crippen MR) is 63.6 cm³/mol. The van der Waals surface area contributed by atoms with E-state index in [2.05, 4.69) is 9.97 Å². The molecule has 17 heavy (non-hydrogen) atoms. The zero-order chi connectivity index (χ0) is 12.4. The SMILES string of the molecule is CCOC(=O)C(C)c1nc2cnccc2n1C. The van der Waals surface area contributed by atoms with Gasteiger partial charge in [0.05, 0.1) is 18.3 Å². The van der Waals surface area contributed by atoms with Crippen molar-refractivity contribution in [3.8, 4) is 0 Å². The summed E-state index contributed by atoms with van der Waals surface area (Å²) in [6.07, 6.45) is 3.40. The number of hydrogen-bond acceptors (Lipinski definition) is 4. The van der Waals surface area contributed by atoms with Gasteiger partial charge in [-0.1, -0.05) is 0 Å². The highest BCUT2D eigenvalue weighted by Gasteiger charge is 2.22. The van der Waals surface area contributed by atoms with Gasteiger partial charge in [0.15, 0.2) is 0 Å². The van der Waals surface area contributed by atoms with E-state index in [-0.39, 0.29) is 11.9 Å². The quantitative estimate of drug-likeness (QED) is 0.756. The molecule has 0 saturated carbocycles. The maximum absolute atomic E-state index is 11.7. The summed E-state index contributed by atoms with van der Waals surface area (Å²) < 4.78 is 6.90. The number of imidazole rings is 1. The molecule has 0 bridgehead atoms. The zero-order valence-corrected chi connectivity index (χ0v) is 10.2. The van der Waals surface area contributed by atoms with Crippen LogP contribution in [0.3, 0.4) is 0 Å². The number of esters is 1. The first-order valence-electron chi connectivity index (χ1n) is 5.58. The summed E-state index contributed by atoms with van der Waals surface area (Å²) in [7, 11) is 1.89. The summed E-state index contributed by atoms with van der Waals surface area (Å²) in [6.45, 7) is 3.98. The fourth-order valence-corrected chi connectivity index (χ4v) is 1.83. The third-order valence-corrected chi connectivity index (χ3v) is 2.75. The van der Waals surface area contributed by atoms with Gasteiger partial charge in [-0.2, -0.15) is 0 Å². The van der Waals surface area contributed by atoms with Crippen molar-refractivity contribution in [1.29, 1.82) is 0 Å². The molecule has 90 valence electrons. The number of carbonyl (C=O) groups excluding carboxylic acids is 1. The Hall–Kier alpha value is -1.91. The lowest BCUT2D eigenvalue weighted by Crippen LogP contribution is -2.16. The van der Waals surface area contributed by atoms with Crippen molar-refractivity contribution in [2.24, 2.45) is 7.05 Å². The summed E-state index contributed by atoms with van der Waals surface area (Å²) in [4.78, 5) is 20.1. The van der Waals surface area contributed by atoms with Crippen LogP contribution < -0.4 is 0 Å². The minimum Gasteiger partial charge on any atom is -0.465 e. The van der Waals surface area contributed by atoms with Crippen LogP contribution in [0.2, 0.25) is 0 Å². The van der Waals surface area contributed by atoms with E-state index in [1.54, 1.807) is 26.2 Å². The molecule has 0 spiro atoms. The molecular formula is C12H15N3O2. The average molecular weight is 233 g/mol. The normalized spacial score (nSPS) is 12.6. The van der Waals surface area contributed by atoms with E-state index in [1.165, 1.54) is 0 Å². The Morgan fingerprint density at radius 1 is 1.59 bits per heavy atom. The first-order valence-corrected chi connectivity index (χ1v) is 5.58. The molecule has 5 nitrogen and oxygen atoms in total. The second kappa shape index (κ2) is 4.53. The molecule has 0 N–H and O–H groups in total. The predicted octanol–water partition coefficient (Wildman–Crippen LogP) is 1.63. The smallest absolute Gasteiger partial charge is 0.316 e. The Kier molecular flexibility index (Phi) is 3.08. The molecule has 0 saturated heterocycles. The molecule has 0 aromatic carbocycles. The molecular weight excluding hydrogens is 218 g/mol. The number of rotatable bonds is 3. The highest BCUT2D eigenvalue weighted by Crippen LogP contribution is 2.20. The lowest BCUT2D eigenvalue weighted by atomic mass is 10.2. The number of hydrogen-bond donors (Lipinski definition) is 0. The highest BCUT2D eigenvalue weighted by atomic mass is 16.5. The Morgan fingerprint density at radius 2 is 2.35 bits per heavy atom. The summed E-state index contributed by atoms with van der Waals surface area (Å²) in [5, 5.41) is 0. The minimum atomic E-state index is -0.368. The molecule has 2 aromatic heterocycles. The molecule has 2 heterocycles. The van der Waals surface area contributed by atoms with Crippen LogP contribution in [0.4, 0.5) is 0 Å². The monoisotopic (exact) mass is 233 g/mol. The van der Waals surface area contributed by atoms with Crippen LogP contribution in [0.1, 0.15) is 25.6 Å². The van der Waals surface area contributed by atoms with Crippen LogP contribution in [0.25, 0.3) is 11.0 Å². The molecule has 0 fully saturated rings. The van der Waals surface area contributed by atoms with Crippen molar-refractivity contribution >= 4 is 17.0 Å². The Labute approximate surface area is 99.4 Å². The number of fused-ring (bicyclic) bond motifs is 1. The van der Waals surface area contributed by atoms with Gasteiger partial charge < -0.3 is 9.30 Å². The topological polar surface area (TPSA) is 57.0 Å². The van der Waals surface area contributed by atoms with Crippen LogP contribution in [-0.2, 0) is 16.6 Å². The lowest BCUT2D eigenvalue weighted by Gasteiger charge is -2.10. The number of carbonyl (C=O) groups is 1. The van der Waals surface area contributed by atoms with Crippen molar-refractivity contribution < 1.29 is 9.53 Å². The Bertz CT molecular complexity index is 548. The molecule has 2 aromatic rings. The fourth-order valence-electron chi connectivity index (χ4n) is 1.83. The van der Waals surface area contributed by atoms with Crippen molar-refractivity contribution in [2.75, 3.05) is 6.61 Å². The van der Waals surface area contributed by atoms with E-state index >= 15 is 0 Å². The van der Waals surface area contributed by atoms with Gasteiger partial charge in [-0.05, 0) is 19.9 Å². The van der Waals surface area contributed by atoms with Gasteiger partial charge in [0.2, 0.25) is 0 Å². The maximum atomic E-state index is 11.7. The summed E-state index contributed by atoms with van der Waals surface area (Å²) in [5.41, 5.74) is 1.76. The third kappa shape index (κ3) is 2.00. The van der Waals surface area contributed by atoms with Crippen LogP contribution in [-0.4, -0.2) is 27.1 Å². The van der Waals surface area contributed by atoms with Crippen molar-refractivity contribution in [3.05, 3.63) is 24.3 Å². The highest BCUT2D eigenvalue weighted by molar-refractivity contribution is 5.80. The first kappa shape index (κ1) is 11.6. The van der Waals surface area contributed by atoms with Gasteiger partial charge in [0.1, 0.15) is 17.3 Å². The first-order chi connectivity index (χ1) is 8.15. The lowest BCUT2D eigenvalue weighted by molar-refractivity contribution is -0.144. The molecule has 0 aliphatic carbocycles. The van der Waals surface area contributed by atoms with Crippen LogP contribution >= 0.6 is 0 Å². The number of aromatic nitrogens is 3. The van der Waals surface area contributed by atoms with E-state index in [4.69, 9.17) is 4.74 Å². The second-order valence-electron chi connectivity index (χ2n) is 3.87. The van der Waals surface area contributed by atoms with Gasteiger partial charge in [-0.3, -0.25) is 9.78 Å². The summed E-state index contributed by atoms with van der Waals surface area (Å²) in [6, 6.07) is 1.88. The van der Waals surface area contributed by atoms with Gasteiger partial charge in [0.25, 0.3) is 0 Å². The maximum Gasteiger partial charge on any atom is 0.316 e. The number of aryl methyl sites for hydroxylation is 1. The standard InChI is InChI=1S/C12H15N3O2/c1-4-17-12(16)8(2)11-14-9-7-13-6-5-10(9)15(11)3/h5-8H,4H2,1-3H3. The average Bonchev–Trinajstić information content (AvgIpc) is 2.67. The molecule has 1 unspecified atom stereocenters. The van der Waals surface area contributed by atoms with Crippen LogP contribution in [0, 0.1) is 0 Å². The van der Waals surface area contributed by atoms with E-state index in [1.807, 2.05) is 17.7 Å². The Morgan fingerprint density at radius 3 is 3.00 bits per heavy atom.